The van der Waals surface area contributed by atoms with Gasteiger partial charge in [0, 0.05) is 38.0 Å². The lowest BCUT2D eigenvalue weighted by Gasteiger charge is -2.23. The van der Waals surface area contributed by atoms with Gasteiger partial charge in [0.1, 0.15) is 6.07 Å². The molecule has 0 unspecified atom stereocenters. The normalized spacial score (nSPS) is 13.5. The standard InChI is InChI=1S/C67H74N4/c1-62(2,3)41-19-25-54-48(32-41)49-33-42(63(4,5)6)20-26-55(49)69(54)47-31-40(39-68)61(71-58-29-23-45(66(13,14)15)36-52(58)53-37-46(67(16,17)18)24-30-59(53)71)60(38-47)70-56-27-21-43(64(7,8)9)34-50(56)51-35-44(65(10,11)12)22-28-57(51)70/h19-38H,1-18H3. The first-order chi connectivity index (χ1) is 32.9. The Kier molecular flexibility index (Phi) is 10.6. The molecule has 71 heavy (non-hydrogen) atoms. The minimum atomic E-state index is -0.0563. The maximum Gasteiger partial charge on any atom is 0.101 e. The van der Waals surface area contributed by atoms with Gasteiger partial charge in [0.15, 0.2) is 0 Å². The third-order valence-electron chi connectivity index (χ3n) is 15.4. The lowest BCUT2D eigenvalue weighted by atomic mass is 9.85. The van der Waals surface area contributed by atoms with Crippen molar-refractivity contribution < 1.29 is 0 Å². The fourth-order valence-electron chi connectivity index (χ4n) is 10.9. The molecule has 7 aromatic carbocycles. The molecular formula is C67H74N4. The first-order valence-electron chi connectivity index (χ1n) is 25.8. The van der Waals surface area contributed by atoms with Crippen LogP contribution < -0.4 is 0 Å². The lowest BCUT2D eigenvalue weighted by Crippen LogP contribution is -2.12. The predicted octanol–water partition coefficient (Wildman–Crippen LogP) is 18.6. The third-order valence-corrected chi connectivity index (χ3v) is 15.4. The number of nitriles is 1. The fourth-order valence-corrected chi connectivity index (χ4v) is 10.9. The molecule has 0 N–H and O–H groups in total. The Morgan fingerprint density at radius 2 is 0.535 bits per heavy atom. The summed E-state index contributed by atoms with van der Waals surface area (Å²) in [5.41, 5.74) is 17.4. The van der Waals surface area contributed by atoms with Crippen LogP contribution in [0.2, 0.25) is 0 Å². The molecule has 10 rings (SSSR count). The predicted molar refractivity (Wildman–Crippen MR) is 306 cm³/mol. The quantitative estimate of drug-likeness (QED) is 0.174. The summed E-state index contributed by atoms with van der Waals surface area (Å²) in [6, 6.07) is 49.5. The Hall–Kier alpha value is -6.57. The summed E-state index contributed by atoms with van der Waals surface area (Å²) in [6.45, 7) is 41.3. The molecule has 10 aromatic rings. The number of nitrogens with zero attached hydrogens (tertiary/aromatic N) is 4. The van der Waals surface area contributed by atoms with Gasteiger partial charge in [0.25, 0.3) is 0 Å². The molecule has 0 aliphatic carbocycles. The summed E-state index contributed by atoms with van der Waals surface area (Å²) in [7, 11) is 0. The van der Waals surface area contributed by atoms with Gasteiger partial charge in [0.05, 0.1) is 50.0 Å². The van der Waals surface area contributed by atoms with Crippen molar-refractivity contribution in [1.29, 1.82) is 5.26 Å². The number of rotatable bonds is 3. The van der Waals surface area contributed by atoms with E-state index in [2.05, 4.69) is 266 Å². The van der Waals surface area contributed by atoms with E-state index in [0.29, 0.717) is 5.56 Å². The minimum absolute atomic E-state index is 0.0348. The topological polar surface area (TPSA) is 38.6 Å². The molecular weight excluding hydrogens is 861 g/mol. The average Bonchev–Trinajstić information content (AvgIpc) is 3.90. The van der Waals surface area contributed by atoms with Crippen LogP contribution in [-0.4, -0.2) is 13.7 Å². The highest BCUT2D eigenvalue weighted by molar-refractivity contribution is 6.13. The SMILES string of the molecule is CC(C)(C)c1ccc2c(c1)c1cc(C(C)(C)C)ccc1n2-c1cc(C#N)c(-n2c3ccc(C(C)(C)C)cc3c3cc(C(C)(C)C)ccc32)c(-n2c3ccc(C(C)(C)C)cc3c3cc(C(C)(C)C)ccc32)c1. The van der Waals surface area contributed by atoms with Crippen LogP contribution in [0.3, 0.4) is 0 Å². The van der Waals surface area contributed by atoms with Gasteiger partial charge in [-0.2, -0.15) is 5.26 Å². The Morgan fingerprint density at radius 1 is 0.296 bits per heavy atom. The van der Waals surface area contributed by atoms with E-state index < -0.39 is 0 Å². The number of hydrogen-bond acceptors (Lipinski definition) is 1. The average molecular weight is 935 g/mol. The van der Waals surface area contributed by atoms with E-state index in [9.17, 15) is 5.26 Å². The molecule has 4 nitrogen and oxygen atoms in total. The molecule has 0 saturated heterocycles. The highest BCUT2D eigenvalue weighted by atomic mass is 15.1. The maximum absolute atomic E-state index is 11.9. The van der Waals surface area contributed by atoms with Gasteiger partial charge in [-0.25, -0.2) is 0 Å². The number of fused-ring (bicyclic) bond motifs is 9. The summed E-state index contributed by atoms with van der Waals surface area (Å²) >= 11 is 0. The first-order valence-corrected chi connectivity index (χ1v) is 25.8. The largest absolute Gasteiger partial charge is 0.309 e. The Balaban J connectivity index is 1.42. The van der Waals surface area contributed by atoms with Gasteiger partial charge < -0.3 is 13.7 Å². The van der Waals surface area contributed by atoms with Gasteiger partial charge in [0.2, 0.25) is 0 Å². The van der Waals surface area contributed by atoms with Crippen molar-refractivity contribution in [3.05, 3.63) is 160 Å². The van der Waals surface area contributed by atoms with Crippen molar-refractivity contribution in [2.24, 2.45) is 0 Å². The molecule has 0 radical (unpaired) electrons. The summed E-state index contributed by atoms with van der Waals surface area (Å²) in [5, 5.41) is 19.1. The molecule has 0 saturated carbocycles. The Morgan fingerprint density at radius 3 is 0.775 bits per heavy atom. The molecule has 0 atom stereocenters. The smallest absolute Gasteiger partial charge is 0.101 e. The van der Waals surface area contributed by atoms with E-state index in [1.54, 1.807) is 0 Å². The summed E-state index contributed by atoms with van der Waals surface area (Å²) < 4.78 is 7.29. The fraction of sp³-hybridized carbons (Fsp3) is 0.358. The number of benzene rings is 7. The lowest BCUT2D eigenvalue weighted by molar-refractivity contribution is 0.590. The van der Waals surface area contributed by atoms with Gasteiger partial charge >= 0.3 is 0 Å². The van der Waals surface area contributed by atoms with Gasteiger partial charge in [-0.05, 0) is 151 Å². The molecule has 4 heteroatoms. The molecule has 362 valence electrons. The zero-order valence-corrected chi connectivity index (χ0v) is 45.8. The molecule has 0 aliphatic heterocycles. The van der Waals surface area contributed by atoms with E-state index in [0.717, 1.165) is 50.2 Å². The van der Waals surface area contributed by atoms with Crippen LogP contribution in [0.1, 0.15) is 164 Å². The van der Waals surface area contributed by atoms with Crippen molar-refractivity contribution in [1.82, 2.24) is 13.7 Å². The van der Waals surface area contributed by atoms with Crippen LogP contribution in [0, 0.1) is 11.3 Å². The van der Waals surface area contributed by atoms with Crippen molar-refractivity contribution in [2.45, 2.75) is 157 Å². The second kappa shape index (κ2) is 15.7. The second-order valence-corrected chi connectivity index (χ2v) is 26.9. The van der Waals surface area contributed by atoms with E-state index in [1.807, 2.05) is 0 Å². The number of hydrogen-bond donors (Lipinski definition) is 0. The van der Waals surface area contributed by atoms with Crippen LogP contribution >= 0.6 is 0 Å². The molecule has 3 heterocycles. The second-order valence-electron chi connectivity index (χ2n) is 26.9. The van der Waals surface area contributed by atoms with Gasteiger partial charge in [-0.1, -0.05) is 161 Å². The Labute approximate surface area is 422 Å². The zero-order chi connectivity index (χ0) is 51.3. The van der Waals surface area contributed by atoms with Crippen LogP contribution in [0.25, 0.3) is 82.5 Å². The van der Waals surface area contributed by atoms with E-state index >= 15 is 0 Å². The van der Waals surface area contributed by atoms with E-state index in [-0.39, 0.29) is 32.5 Å². The van der Waals surface area contributed by atoms with Crippen LogP contribution in [0.5, 0.6) is 0 Å². The first kappa shape index (κ1) is 48.1. The van der Waals surface area contributed by atoms with E-state index in [4.69, 9.17) is 0 Å². The van der Waals surface area contributed by atoms with Crippen molar-refractivity contribution >= 4 is 65.4 Å². The van der Waals surface area contributed by atoms with Crippen LogP contribution in [0.15, 0.2) is 121 Å². The maximum atomic E-state index is 11.9. The zero-order valence-electron chi connectivity index (χ0n) is 45.8. The van der Waals surface area contributed by atoms with Gasteiger partial charge in [-0.3, -0.25) is 0 Å². The third kappa shape index (κ3) is 7.96. The Bertz CT molecular complexity index is 3650. The molecule has 0 fully saturated rings. The highest BCUT2D eigenvalue weighted by Crippen LogP contribution is 2.46. The summed E-state index contributed by atoms with van der Waals surface area (Å²) in [6.07, 6.45) is 0. The molecule has 3 aromatic heterocycles. The minimum Gasteiger partial charge on any atom is -0.309 e. The van der Waals surface area contributed by atoms with Crippen molar-refractivity contribution in [2.75, 3.05) is 0 Å². The van der Waals surface area contributed by atoms with E-state index in [1.165, 1.54) is 65.7 Å². The number of aromatic nitrogens is 3. The van der Waals surface area contributed by atoms with Crippen molar-refractivity contribution in [3.8, 4) is 23.1 Å². The highest BCUT2D eigenvalue weighted by Gasteiger charge is 2.29. The molecule has 0 bridgehead atoms. The molecule has 0 aliphatic rings. The van der Waals surface area contributed by atoms with Crippen LogP contribution in [0.4, 0.5) is 0 Å². The van der Waals surface area contributed by atoms with Crippen molar-refractivity contribution in [3.63, 3.8) is 0 Å². The monoisotopic (exact) mass is 935 g/mol. The molecule has 0 spiro atoms. The summed E-state index contributed by atoms with van der Waals surface area (Å²) in [4.78, 5) is 0. The molecule has 0 amide bonds. The summed E-state index contributed by atoms with van der Waals surface area (Å²) in [5.74, 6) is 0. The van der Waals surface area contributed by atoms with Gasteiger partial charge in [-0.15, -0.1) is 0 Å². The van der Waals surface area contributed by atoms with Crippen LogP contribution in [-0.2, 0) is 32.5 Å².